The molecule has 0 unspecified atom stereocenters. The normalized spacial score (nSPS) is 16.4. The lowest BCUT2D eigenvalue weighted by Crippen LogP contribution is -2.34. The molecule has 0 spiro atoms. The van der Waals surface area contributed by atoms with Crippen LogP contribution in [0.1, 0.15) is 44.7 Å². The quantitative estimate of drug-likeness (QED) is 0.893. The van der Waals surface area contributed by atoms with Crippen LogP contribution >= 0.6 is 0 Å². The third-order valence-electron chi connectivity index (χ3n) is 3.90. The van der Waals surface area contributed by atoms with E-state index in [4.69, 9.17) is 0 Å². The zero-order chi connectivity index (χ0) is 12.5. The van der Waals surface area contributed by atoms with Crippen molar-refractivity contribution >= 4 is 11.0 Å². The van der Waals surface area contributed by atoms with E-state index in [1.165, 1.54) is 30.3 Å². The molecule has 1 fully saturated rings. The molecule has 18 heavy (non-hydrogen) atoms. The van der Waals surface area contributed by atoms with Gasteiger partial charge in [-0.2, -0.15) is 0 Å². The second-order valence-electron chi connectivity index (χ2n) is 5.58. The Balaban J connectivity index is 1.78. The highest BCUT2D eigenvalue weighted by Crippen LogP contribution is 2.21. The van der Waals surface area contributed by atoms with Crippen LogP contribution in [-0.4, -0.2) is 15.6 Å². The summed E-state index contributed by atoms with van der Waals surface area (Å²) in [6.45, 7) is 5.34. The van der Waals surface area contributed by atoms with Gasteiger partial charge in [0.1, 0.15) is 0 Å². The SMILES string of the molecule is CC(C)n1cnc2cc(CNC3CCC3)ccc21. The lowest BCUT2D eigenvalue weighted by atomic mass is 9.93. The molecule has 0 atom stereocenters. The topological polar surface area (TPSA) is 29.9 Å². The molecule has 0 bridgehead atoms. The molecule has 0 radical (unpaired) electrons. The lowest BCUT2D eigenvalue weighted by Gasteiger charge is -2.26. The van der Waals surface area contributed by atoms with Crippen LogP contribution in [0, 0.1) is 0 Å². The fraction of sp³-hybridized carbons (Fsp3) is 0.533. The number of nitrogens with zero attached hydrogens (tertiary/aromatic N) is 2. The fourth-order valence-electron chi connectivity index (χ4n) is 2.47. The Kier molecular flexibility index (Phi) is 3.08. The number of aromatic nitrogens is 2. The van der Waals surface area contributed by atoms with Crippen LogP contribution in [0.4, 0.5) is 0 Å². The van der Waals surface area contributed by atoms with Crippen molar-refractivity contribution < 1.29 is 0 Å². The molecule has 1 aromatic carbocycles. The average Bonchev–Trinajstić information content (AvgIpc) is 2.69. The highest BCUT2D eigenvalue weighted by atomic mass is 15.1. The third-order valence-corrected chi connectivity index (χ3v) is 3.90. The monoisotopic (exact) mass is 243 g/mol. The van der Waals surface area contributed by atoms with Gasteiger partial charge in [-0.15, -0.1) is 0 Å². The lowest BCUT2D eigenvalue weighted by molar-refractivity contribution is 0.338. The van der Waals surface area contributed by atoms with Crippen molar-refractivity contribution in [3.63, 3.8) is 0 Å². The van der Waals surface area contributed by atoms with Crippen molar-refractivity contribution in [3.8, 4) is 0 Å². The zero-order valence-corrected chi connectivity index (χ0v) is 11.2. The summed E-state index contributed by atoms with van der Waals surface area (Å²) in [5, 5.41) is 3.60. The van der Waals surface area contributed by atoms with Gasteiger partial charge in [-0.25, -0.2) is 4.98 Å². The fourth-order valence-corrected chi connectivity index (χ4v) is 2.47. The minimum absolute atomic E-state index is 0.467. The Morgan fingerprint density at radius 1 is 1.39 bits per heavy atom. The number of benzene rings is 1. The van der Waals surface area contributed by atoms with Crippen LogP contribution in [0.3, 0.4) is 0 Å². The summed E-state index contributed by atoms with van der Waals surface area (Å²) in [6, 6.07) is 7.83. The first kappa shape index (κ1) is 11.7. The van der Waals surface area contributed by atoms with E-state index < -0.39 is 0 Å². The van der Waals surface area contributed by atoms with E-state index in [1.807, 2.05) is 6.33 Å². The molecule has 1 saturated carbocycles. The Morgan fingerprint density at radius 2 is 2.22 bits per heavy atom. The second-order valence-corrected chi connectivity index (χ2v) is 5.58. The number of imidazole rings is 1. The molecular weight excluding hydrogens is 222 g/mol. The first-order valence-electron chi connectivity index (χ1n) is 6.93. The van der Waals surface area contributed by atoms with Crippen molar-refractivity contribution in [2.75, 3.05) is 0 Å². The van der Waals surface area contributed by atoms with Crippen molar-refractivity contribution in [2.45, 2.75) is 51.7 Å². The maximum absolute atomic E-state index is 4.50. The van der Waals surface area contributed by atoms with Gasteiger partial charge in [0.2, 0.25) is 0 Å². The highest BCUT2D eigenvalue weighted by molar-refractivity contribution is 5.76. The van der Waals surface area contributed by atoms with E-state index in [0.717, 1.165) is 18.1 Å². The van der Waals surface area contributed by atoms with E-state index >= 15 is 0 Å². The van der Waals surface area contributed by atoms with Crippen molar-refractivity contribution in [1.82, 2.24) is 14.9 Å². The largest absolute Gasteiger partial charge is 0.328 e. The van der Waals surface area contributed by atoms with Gasteiger partial charge in [-0.1, -0.05) is 12.5 Å². The molecule has 1 aliphatic carbocycles. The molecular formula is C15H21N3. The van der Waals surface area contributed by atoms with Gasteiger partial charge < -0.3 is 9.88 Å². The van der Waals surface area contributed by atoms with Crippen LogP contribution in [0.5, 0.6) is 0 Å². The van der Waals surface area contributed by atoms with E-state index in [0.29, 0.717) is 6.04 Å². The number of rotatable bonds is 4. The van der Waals surface area contributed by atoms with Crippen LogP contribution < -0.4 is 5.32 Å². The molecule has 1 N–H and O–H groups in total. The Hall–Kier alpha value is -1.35. The number of hydrogen-bond donors (Lipinski definition) is 1. The van der Waals surface area contributed by atoms with Crippen molar-refractivity contribution in [1.29, 1.82) is 0 Å². The molecule has 1 heterocycles. The minimum atomic E-state index is 0.467. The summed E-state index contributed by atoms with van der Waals surface area (Å²) in [6.07, 6.45) is 6.00. The van der Waals surface area contributed by atoms with Gasteiger partial charge in [0.05, 0.1) is 17.4 Å². The van der Waals surface area contributed by atoms with Gasteiger partial charge in [-0.3, -0.25) is 0 Å². The third kappa shape index (κ3) is 2.15. The van der Waals surface area contributed by atoms with E-state index in [2.05, 4.69) is 46.9 Å². The van der Waals surface area contributed by atoms with E-state index in [-0.39, 0.29) is 0 Å². The van der Waals surface area contributed by atoms with E-state index in [1.54, 1.807) is 0 Å². The summed E-state index contributed by atoms with van der Waals surface area (Å²) in [4.78, 5) is 4.50. The average molecular weight is 243 g/mol. The van der Waals surface area contributed by atoms with Crippen molar-refractivity contribution in [2.24, 2.45) is 0 Å². The summed E-state index contributed by atoms with van der Waals surface area (Å²) < 4.78 is 2.22. The van der Waals surface area contributed by atoms with Crippen LogP contribution in [0.2, 0.25) is 0 Å². The van der Waals surface area contributed by atoms with Crippen LogP contribution in [0.25, 0.3) is 11.0 Å². The smallest absolute Gasteiger partial charge is 0.0960 e. The van der Waals surface area contributed by atoms with Gasteiger partial charge in [-0.05, 0) is 44.4 Å². The Bertz CT molecular complexity index is 538. The predicted octanol–water partition coefficient (Wildman–Crippen LogP) is 3.26. The summed E-state index contributed by atoms with van der Waals surface area (Å²) in [5.74, 6) is 0. The van der Waals surface area contributed by atoms with Crippen LogP contribution in [-0.2, 0) is 6.54 Å². The van der Waals surface area contributed by atoms with Gasteiger partial charge in [0, 0.05) is 18.6 Å². The van der Waals surface area contributed by atoms with Gasteiger partial charge in [0.15, 0.2) is 0 Å². The molecule has 0 amide bonds. The first-order valence-corrected chi connectivity index (χ1v) is 6.93. The van der Waals surface area contributed by atoms with Crippen molar-refractivity contribution in [3.05, 3.63) is 30.1 Å². The highest BCUT2D eigenvalue weighted by Gasteiger charge is 2.16. The Morgan fingerprint density at radius 3 is 2.89 bits per heavy atom. The molecule has 0 saturated heterocycles. The number of nitrogens with one attached hydrogen (secondary N) is 1. The number of hydrogen-bond acceptors (Lipinski definition) is 2. The molecule has 3 rings (SSSR count). The summed E-state index contributed by atoms with van der Waals surface area (Å²) in [7, 11) is 0. The molecule has 0 aliphatic heterocycles. The second kappa shape index (κ2) is 4.73. The van der Waals surface area contributed by atoms with Gasteiger partial charge in [0.25, 0.3) is 0 Å². The van der Waals surface area contributed by atoms with Crippen LogP contribution in [0.15, 0.2) is 24.5 Å². The molecule has 3 nitrogen and oxygen atoms in total. The maximum atomic E-state index is 4.50. The summed E-state index contributed by atoms with van der Waals surface area (Å²) >= 11 is 0. The molecule has 2 aromatic rings. The Labute approximate surface area is 108 Å². The standard InChI is InChI=1S/C15H21N3/c1-11(2)18-10-17-14-8-12(6-7-15(14)18)9-16-13-4-3-5-13/h6-8,10-11,13,16H,3-5,9H2,1-2H3. The summed E-state index contributed by atoms with van der Waals surface area (Å²) in [5.41, 5.74) is 3.68. The molecule has 1 aromatic heterocycles. The predicted molar refractivity (Wildman–Crippen MR) is 74.6 cm³/mol. The number of fused-ring (bicyclic) bond motifs is 1. The molecule has 1 aliphatic rings. The van der Waals surface area contributed by atoms with E-state index in [9.17, 15) is 0 Å². The maximum Gasteiger partial charge on any atom is 0.0960 e. The zero-order valence-electron chi connectivity index (χ0n) is 11.2. The molecule has 3 heteroatoms. The minimum Gasteiger partial charge on any atom is -0.328 e. The van der Waals surface area contributed by atoms with Gasteiger partial charge >= 0.3 is 0 Å². The molecule has 96 valence electrons. The first-order chi connectivity index (χ1) is 8.74.